The first-order chi connectivity index (χ1) is 32.3. The Kier molecular flexibility index (Phi) is 8.74. The minimum absolute atomic E-state index is 0.0971. The van der Waals surface area contributed by atoms with Crippen molar-refractivity contribution >= 4 is 38.6 Å². The van der Waals surface area contributed by atoms with Gasteiger partial charge in [0.1, 0.15) is 0 Å². The van der Waals surface area contributed by atoms with Gasteiger partial charge in [0, 0.05) is 28.9 Å². The second kappa shape index (κ2) is 15.2. The van der Waals surface area contributed by atoms with Gasteiger partial charge in [0.15, 0.2) is 0 Å². The minimum Gasteiger partial charge on any atom is -0.310 e. The van der Waals surface area contributed by atoms with Gasteiger partial charge in [0.25, 0.3) is 0 Å². The number of benzene rings is 11. The highest BCUT2D eigenvalue weighted by Gasteiger charge is 2.44. The second-order valence-corrected chi connectivity index (χ2v) is 17.5. The van der Waals surface area contributed by atoms with Gasteiger partial charge in [0.05, 0.1) is 0 Å². The van der Waals surface area contributed by atoms with E-state index in [0.717, 1.165) is 17.1 Å². The smallest absolute Gasteiger partial charge is 0.0467 e. The lowest BCUT2D eigenvalue weighted by Crippen LogP contribution is -2.28. The van der Waals surface area contributed by atoms with Crippen LogP contribution in [-0.4, -0.2) is 0 Å². The summed E-state index contributed by atoms with van der Waals surface area (Å²) < 4.78 is 0. The maximum absolute atomic E-state index is 2.44. The molecule has 1 nitrogen and oxygen atoms in total. The molecule has 3 aliphatic carbocycles. The van der Waals surface area contributed by atoms with Gasteiger partial charge >= 0.3 is 0 Å². The molecule has 3 aliphatic rings. The molecule has 0 heterocycles. The summed E-state index contributed by atoms with van der Waals surface area (Å²) in [6.07, 6.45) is 0. The summed E-state index contributed by atoms with van der Waals surface area (Å²) in [7, 11) is 0. The van der Waals surface area contributed by atoms with E-state index in [1.54, 1.807) is 0 Å². The lowest BCUT2D eigenvalue weighted by Gasteiger charge is -2.44. The topological polar surface area (TPSA) is 3.24 Å². The summed E-state index contributed by atoms with van der Waals surface area (Å²) in [5, 5.41) is 5.14. The standard InChI is InChI=1S/C64H43N/c1-3-16-42(17-4-1)44-30-34-48(35-31-44)65(49-36-32-45(33-37-49)43-18-5-2-6-19-43)50-22-15-21-46(40-50)52-38-39-59(60-41-47-20-7-8-23-51(47)53-24-9-10-25-54(53)60)64-62-57-28-13-11-26-55(57)61(63(52)64)56-27-12-14-29-58(56)62/h1-41,61-62H. The number of rotatable bonds is 7. The van der Waals surface area contributed by atoms with Crippen LogP contribution >= 0.6 is 0 Å². The molecule has 0 N–H and O–H groups in total. The molecule has 1 heteroatoms. The third-order valence-electron chi connectivity index (χ3n) is 14.0. The molecule has 0 saturated heterocycles. The Morgan fingerprint density at radius 1 is 0.246 bits per heavy atom. The summed E-state index contributed by atoms with van der Waals surface area (Å²) in [5.74, 6) is 0.202. The summed E-state index contributed by atoms with van der Waals surface area (Å²) in [6.45, 7) is 0. The average molecular weight is 826 g/mol. The van der Waals surface area contributed by atoms with Crippen molar-refractivity contribution in [2.45, 2.75) is 11.8 Å². The Balaban J connectivity index is 1.02. The Labute approximate surface area is 380 Å². The van der Waals surface area contributed by atoms with Crippen LogP contribution in [0.25, 0.3) is 66.1 Å². The normalized spacial score (nSPS) is 14.5. The van der Waals surface area contributed by atoms with E-state index >= 15 is 0 Å². The van der Waals surface area contributed by atoms with E-state index in [1.165, 1.54) is 99.4 Å². The SMILES string of the molecule is c1ccc(-c2ccc(N(c3ccc(-c4ccccc4)cc3)c3cccc(-c4ccc(-c5cc6ccccc6c6ccccc56)c5c4C4c6ccccc6C5c5ccccc54)c3)cc2)cc1. The van der Waals surface area contributed by atoms with Crippen molar-refractivity contribution in [3.63, 3.8) is 0 Å². The van der Waals surface area contributed by atoms with Crippen LogP contribution in [0.15, 0.2) is 249 Å². The molecule has 11 aromatic carbocycles. The summed E-state index contributed by atoms with van der Waals surface area (Å²) in [5.41, 5.74) is 21.8. The number of anilines is 3. The highest BCUT2D eigenvalue weighted by Crippen LogP contribution is 2.60. The Morgan fingerprint density at radius 3 is 1.25 bits per heavy atom. The van der Waals surface area contributed by atoms with Gasteiger partial charge in [0.2, 0.25) is 0 Å². The van der Waals surface area contributed by atoms with Crippen molar-refractivity contribution in [2.75, 3.05) is 4.90 Å². The Bertz CT molecular complexity index is 3460. The van der Waals surface area contributed by atoms with E-state index in [-0.39, 0.29) is 11.8 Å². The first kappa shape index (κ1) is 37.3. The van der Waals surface area contributed by atoms with Crippen molar-refractivity contribution in [2.24, 2.45) is 0 Å². The largest absolute Gasteiger partial charge is 0.310 e. The molecule has 0 saturated carbocycles. The van der Waals surface area contributed by atoms with E-state index in [0.29, 0.717) is 0 Å². The van der Waals surface area contributed by atoms with E-state index in [1.807, 2.05) is 0 Å². The molecule has 0 fully saturated rings. The molecule has 65 heavy (non-hydrogen) atoms. The van der Waals surface area contributed by atoms with Crippen LogP contribution in [0.1, 0.15) is 45.2 Å². The van der Waals surface area contributed by atoms with Crippen molar-refractivity contribution in [1.82, 2.24) is 0 Å². The lowest BCUT2D eigenvalue weighted by molar-refractivity contribution is 0.758. The Morgan fingerprint density at radius 2 is 0.677 bits per heavy atom. The van der Waals surface area contributed by atoms with Gasteiger partial charge in [-0.1, -0.05) is 206 Å². The number of hydrogen-bond donors (Lipinski definition) is 0. The average Bonchev–Trinajstić information content (AvgIpc) is 3.39. The molecule has 0 radical (unpaired) electrons. The molecule has 0 amide bonds. The molecular formula is C64H43N. The van der Waals surface area contributed by atoms with Gasteiger partial charge in [-0.15, -0.1) is 0 Å². The minimum atomic E-state index is 0.0971. The molecule has 0 aromatic heterocycles. The van der Waals surface area contributed by atoms with E-state index < -0.39 is 0 Å². The molecule has 11 aromatic rings. The molecule has 304 valence electrons. The summed E-state index contributed by atoms with van der Waals surface area (Å²) >= 11 is 0. The third kappa shape index (κ3) is 6.08. The van der Waals surface area contributed by atoms with Crippen LogP contribution in [0.3, 0.4) is 0 Å². The molecule has 0 unspecified atom stereocenters. The van der Waals surface area contributed by atoms with Gasteiger partial charge in [-0.3, -0.25) is 0 Å². The summed E-state index contributed by atoms with van der Waals surface area (Å²) in [6, 6.07) is 92.1. The predicted molar refractivity (Wildman–Crippen MR) is 273 cm³/mol. The maximum atomic E-state index is 2.44. The van der Waals surface area contributed by atoms with Crippen molar-refractivity contribution in [3.8, 4) is 44.5 Å². The first-order valence-corrected chi connectivity index (χ1v) is 22.7. The van der Waals surface area contributed by atoms with Crippen LogP contribution < -0.4 is 4.90 Å². The highest BCUT2D eigenvalue weighted by molar-refractivity contribution is 6.14. The van der Waals surface area contributed by atoms with Crippen LogP contribution in [0.5, 0.6) is 0 Å². The van der Waals surface area contributed by atoms with Crippen LogP contribution in [0.2, 0.25) is 0 Å². The monoisotopic (exact) mass is 825 g/mol. The zero-order valence-corrected chi connectivity index (χ0v) is 35.8. The predicted octanol–water partition coefficient (Wildman–Crippen LogP) is 17.1. The highest BCUT2D eigenvalue weighted by atomic mass is 15.1. The van der Waals surface area contributed by atoms with Gasteiger partial charge < -0.3 is 4.90 Å². The first-order valence-electron chi connectivity index (χ1n) is 22.7. The van der Waals surface area contributed by atoms with Crippen molar-refractivity contribution < 1.29 is 0 Å². The molecule has 0 spiro atoms. The molecule has 0 aliphatic heterocycles. The zero-order chi connectivity index (χ0) is 42.8. The van der Waals surface area contributed by atoms with Crippen LogP contribution in [0.4, 0.5) is 17.1 Å². The lowest BCUT2D eigenvalue weighted by atomic mass is 9.58. The summed E-state index contributed by atoms with van der Waals surface area (Å²) in [4.78, 5) is 2.41. The van der Waals surface area contributed by atoms with Gasteiger partial charge in [-0.25, -0.2) is 0 Å². The second-order valence-electron chi connectivity index (χ2n) is 17.5. The third-order valence-corrected chi connectivity index (χ3v) is 14.0. The van der Waals surface area contributed by atoms with Crippen LogP contribution in [0, 0.1) is 0 Å². The van der Waals surface area contributed by atoms with Gasteiger partial charge in [-0.05, 0) is 142 Å². The fourth-order valence-electron chi connectivity index (χ4n) is 11.2. The quantitative estimate of drug-likeness (QED) is 0.145. The number of hydrogen-bond acceptors (Lipinski definition) is 1. The van der Waals surface area contributed by atoms with Gasteiger partial charge in [-0.2, -0.15) is 0 Å². The maximum Gasteiger partial charge on any atom is 0.0467 e. The molecular weight excluding hydrogens is 783 g/mol. The van der Waals surface area contributed by atoms with Crippen molar-refractivity contribution in [1.29, 1.82) is 0 Å². The van der Waals surface area contributed by atoms with E-state index in [2.05, 4.69) is 254 Å². The fourth-order valence-corrected chi connectivity index (χ4v) is 11.2. The Hall–Kier alpha value is -8.26. The molecule has 14 rings (SSSR count). The van der Waals surface area contributed by atoms with Crippen molar-refractivity contribution in [3.05, 3.63) is 282 Å². The number of fused-ring (bicyclic) bond motifs is 3. The number of nitrogens with zero attached hydrogens (tertiary/aromatic N) is 1. The fraction of sp³-hybridized carbons (Fsp3) is 0.0312. The van der Waals surface area contributed by atoms with Crippen LogP contribution in [-0.2, 0) is 0 Å². The molecule has 2 bridgehead atoms. The zero-order valence-electron chi connectivity index (χ0n) is 35.8. The molecule has 0 atom stereocenters. The van der Waals surface area contributed by atoms with E-state index in [9.17, 15) is 0 Å². The van der Waals surface area contributed by atoms with E-state index in [4.69, 9.17) is 0 Å².